The molecule has 0 aromatic heterocycles. The van der Waals surface area contributed by atoms with Crippen LogP contribution < -0.4 is 15.5 Å². The number of rotatable bonds is 7. The number of hydrogen-bond acceptors (Lipinski definition) is 3. The van der Waals surface area contributed by atoms with Gasteiger partial charge in [-0.15, -0.1) is 0 Å². The summed E-state index contributed by atoms with van der Waals surface area (Å²) >= 11 is 0. The lowest BCUT2D eigenvalue weighted by molar-refractivity contribution is -0.117. The molecule has 0 bridgehead atoms. The Morgan fingerprint density at radius 1 is 1.13 bits per heavy atom. The molecule has 0 unspecified atom stereocenters. The highest BCUT2D eigenvalue weighted by molar-refractivity contribution is 5.97. The molecule has 8 heteroatoms. The van der Waals surface area contributed by atoms with E-state index in [0.717, 1.165) is 29.8 Å². The van der Waals surface area contributed by atoms with Crippen LogP contribution in [0.15, 0.2) is 36.4 Å². The minimum atomic E-state index is -0.931. The molecule has 2 aromatic carbocycles. The Morgan fingerprint density at radius 2 is 1.93 bits per heavy atom. The Balaban J connectivity index is 1.45. The summed E-state index contributed by atoms with van der Waals surface area (Å²) in [7, 11) is 0. The molecule has 2 aromatic rings. The number of carbonyl (C=O) groups excluding carboxylic acids is 3. The summed E-state index contributed by atoms with van der Waals surface area (Å²) in [5.41, 5.74) is 2.14. The fourth-order valence-corrected chi connectivity index (χ4v) is 3.38. The molecule has 2 N–H and O–H groups in total. The molecule has 1 saturated heterocycles. The second kappa shape index (κ2) is 9.47. The summed E-state index contributed by atoms with van der Waals surface area (Å²) in [4.78, 5) is 37.7. The number of carbonyl (C=O) groups is 3. The summed E-state index contributed by atoms with van der Waals surface area (Å²) in [6.07, 6.45) is 1.93. The SMILES string of the molecule is Cc1cc(NC(=O)CCCNC(=O)c2ccc(F)cc2F)ccc1N1CCCC1=O. The first-order valence-electron chi connectivity index (χ1n) is 9.79. The lowest BCUT2D eigenvalue weighted by Gasteiger charge is -2.19. The molecule has 0 atom stereocenters. The molecule has 30 heavy (non-hydrogen) atoms. The number of anilines is 2. The maximum atomic E-state index is 13.6. The molecule has 0 saturated carbocycles. The standard InChI is InChI=1S/C22H23F2N3O3/c1-14-12-16(7-9-19(14)27-11-3-5-21(27)29)26-20(28)4-2-10-25-22(30)17-8-6-15(23)13-18(17)24/h6-9,12-13H,2-5,10-11H2,1H3,(H,25,30)(H,26,28). The Bertz CT molecular complexity index is 978. The first-order valence-corrected chi connectivity index (χ1v) is 9.79. The third kappa shape index (κ3) is 5.20. The van der Waals surface area contributed by atoms with Crippen LogP contribution in [0.5, 0.6) is 0 Å². The second-order valence-corrected chi connectivity index (χ2v) is 7.18. The molecule has 3 rings (SSSR count). The average Bonchev–Trinajstić information content (AvgIpc) is 3.11. The van der Waals surface area contributed by atoms with E-state index in [0.29, 0.717) is 31.1 Å². The molecule has 1 aliphatic heterocycles. The topological polar surface area (TPSA) is 78.5 Å². The fraction of sp³-hybridized carbons (Fsp3) is 0.318. The van der Waals surface area contributed by atoms with Gasteiger partial charge in [0.2, 0.25) is 11.8 Å². The highest BCUT2D eigenvalue weighted by Crippen LogP contribution is 2.27. The molecule has 6 nitrogen and oxygen atoms in total. The van der Waals surface area contributed by atoms with Crippen molar-refractivity contribution in [2.24, 2.45) is 0 Å². The van der Waals surface area contributed by atoms with Crippen LogP contribution in [0.2, 0.25) is 0 Å². The second-order valence-electron chi connectivity index (χ2n) is 7.18. The molecule has 158 valence electrons. The van der Waals surface area contributed by atoms with Crippen molar-refractivity contribution in [1.29, 1.82) is 0 Å². The van der Waals surface area contributed by atoms with Crippen molar-refractivity contribution in [3.63, 3.8) is 0 Å². The van der Waals surface area contributed by atoms with E-state index in [2.05, 4.69) is 10.6 Å². The first-order chi connectivity index (χ1) is 14.3. The van der Waals surface area contributed by atoms with Crippen LogP contribution in [-0.4, -0.2) is 30.8 Å². The predicted octanol–water partition coefficient (Wildman–Crippen LogP) is 3.55. The maximum absolute atomic E-state index is 13.6. The Kier molecular flexibility index (Phi) is 6.76. The molecule has 1 fully saturated rings. The highest BCUT2D eigenvalue weighted by Gasteiger charge is 2.23. The zero-order valence-electron chi connectivity index (χ0n) is 16.6. The summed E-state index contributed by atoms with van der Waals surface area (Å²) in [5, 5.41) is 5.30. The number of hydrogen-bond donors (Lipinski definition) is 2. The number of amides is 3. The van der Waals surface area contributed by atoms with E-state index in [1.54, 1.807) is 11.0 Å². The number of nitrogens with one attached hydrogen (secondary N) is 2. The van der Waals surface area contributed by atoms with E-state index < -0.39 is 17.5 Å². The van der Waals surface area contributed by atoms with Crippen LogP contribution >= 0.6 is 0 Å². The first kappa shape index (κ1) is 21.4. The van der Waals surface area contributed by atoms with Gasteiger partial charge in [0.15, 0.2) is 0 Å². The summed E-state index contributed by atoms with van der Waals surface area (Å²) < 4.78 is 26.5. The third-order valence-corrected chi connectivity index (χ3v) is 4.89. The van der Waals surface area contributed by atoms with Crippen LogP contribution in [0.1, 0.15) is 41.6 Å². The normalized spacial score (nSPS) is 13.4. The lowest BCUT2D eigenvalue weighted by atomic mass is 10.1. The van der Waals surface area contributed by atoms with Crippen molar-refractivity contribution in [2.45, 2.75) is 32.6 Å². The van der Waals surface area contributed by atoms with Gasteiger partial charge in [0, 0.05) is 43.4 Å². The summed E-state index contributed by atoms with van der Waals surface area (Å²) in [6.45, 7) is 2.78. The van der Waals surface area contributed by atoms with Crippen molar-refractivity contribution in [2.75, 3.05) is 23.3 Å². The van der Waals surface area contributed by atoms with E-state index in [1.165, 1.54) is 0 Å². The van der Waals surface area contributed by atoms with E-state index >= 15 is 0 Å². The molecule has 0 radical (unpaired) electrons. The van der Waals surface area contributed by atoms with Gasteiger partial charge in [-0.3, -0.25) is 14.4 Å². The predicted molar refractivity (Wildman–Crippen MR) is 109 cm³/mol. The maximum Gasteiger partial charge on any atom is 0.254 e. The Morgan fingerprint density at radius 3 is 2.60 bits per heavy atom. The number of nitrogens with zero attached hydrogens (tertiary/aromatic N) is 1. The van der Waals surface area contributed by atoms with Crippen LogP contribution in [0.25, 0.3) is 0 Å². The van der Waals surface area contributed by atoms with Gasteiger partial charge >= 0.3 is 0 Å². The summed E-state index contributed by atoms with van der Waals surface area (Å²) in [6, 6.07) is 8.14. The zero-order valence-corrected chi connectivity index (χ0v) is 16.6. The largest absolute Gasteiger partial charge is 0.352 e. The van der Waals surface area contributed by atoms with Gasteiger partial charge in [-0.05, 0) is 55.7 Å². The number of halogens is 2. The molecular formula is C22H23F2N3O3. The van der Waals surface area contributed by atoms with E-state index in [1.807, 2.05) is 19.1 Å². The van der Waals surface area contributed by atoms with Gasteiger partial charge in [0.05, 0.1) is 5.56 Å². The van der Waals surface area contributed by atoms with Crippen molar-refractivity contribution in [3.8, 4) is 0 Å². The highest BCUT2D eigenvalue weighted by atomic mass is 19.1. The minimum absolute atomic E-state index is 0.109. The van der Waals surface area contributed by atoms with Crippen LogP contribution in [0.3, 0.4) is 0 Å². The van der Waals surface area contributed by atoms with Gasteiger partial charge in [0.25, 0.3) is 5.91 Å². The number of benzene rings is 2. The van der Waals surface area contributed by atoms with Gasteiger partial charge in [-0.1, -0.05) is 0 Å². The van der Waals surface area contributed by atoms with Crippen molar-refractivity contribution >= 4 is 29.1 Å². The zero-order chi connectivity index (χ0) is 21.7. The molecule has 0 spiro atoms. The lowest BCUT2D eigenvalue weighted by Crippen LogP contribution is -2.26. The smallest absolute Gasteiger partial charge is 0.254 e. The van der Waals surface area contributed by atoms with Crippen LogP contribution in [0.4, 0.5) is 20.2 Å². The van der Waals surface area contributed by atoms with Crippen molar-refractivity contribution in [3.05, 3.63) is 59.2 Å². The minimum Gasteiger partial charge on any atom is -0.352 e. The molecule has 1 aliphatic rings. The van der Waals surface area contributed by atoms with Gasteiger partial charge in [0.1, 0.15) is 11.6 Å². The van der Waals surface area contributed by atoms with E-state index in [9.17, 15) is 23.2 Å². The monoisotopic (exact) mass is 415 g/mol. The molecular weight excluding hydrogens is 392 g/mol. The van der Waals surface area contributed by atoms with Gasteiger partial charge < -0.3 is 15.5 Å². The Labute approximate surface area is 173 Å². The average molecular weight is 415 g/mol. The van der Waals surface area contributed by atoms with Crippen molar-refractivity contribution in [1.82, 2.24) is 5.32 Å². The third-order valence-electron chi connectivity index (χ3n) is 4.89. The van der Waals surface area contributed by atoms with E-state index in [4.69, 9.17) is 0 Å². The van der Waals surface area contributed by atoms with Gasteiger partial charge in [-0.25, -0.2) is 8.78 Å². The van der Waals surface area contributed by atoms with E-state index in [-0.39, 0.29) is 30.3 Å². The van der Waals surface area contributed by atoms with Crippen LogP contribution in [0, 0.1) is 18.6 Å². The van der Waals surface area contributed by atoms with Crippen LogP contribution in [-0.2, 0) is 9.59 Å². The molecule has 1 heterocycles. The number of aryl methyl sites for hydroxylation is 1. The molecule has 3 amide bonds. The summed E-state index contributed by atoms with van der Waals surface area (Å²) in [5.74, 6) is -2.45. The Hall–Kier alpha value is -3.29. The quantitative estimate of drug-likeness (QED) is 0.679. The van der Waals surface area contributed by atoms with Crippen molar-refractivity contribution < 1.29 is 23.2 Å². The fourth-order valence-electron chi connectivity index (χ4n) is 3.38. The van der Waals surface area contributed by atoms with Gasteiger partial charge in [-0.2, -0.15) is 0 Å². The molecule has 0 aliphatic carbocycles.